The number of nitrogen functional groups attached to an aromatic ring is 1. The van der Waals surface area contributed by atoms with Crippen molar-refractivity contribution in [1.82, 2.24) is 24.8 Å². The third-order valence-corrected chi connectivity index (χ3v) is 7.15. The van der Waals surface area contributed by atoms with Crippen LogP contribution < -0.4 is 11.1 Å². The van der Waals surface area contributed by atoms with Crippen LogP contribution in [-0.2, 0) is 38.8 Å². The van der Waals surface area contributed by atoms with Gasteiger partial charge in [-0.25, -0.2) is 19.7 Å². The van der Waals surface area contributed by atoms with E-state index in [-0.39, 0.29) is 25.1 Å². The van der Waals surface area contributed by atoms with Gasteiger partial charge in [0, 0.05) is 13.0 Å². The number of aliphatic hydroxyl groups is 2. The van der Waals surface area contributed by atoms with Gasteiger partial charge in [-0.05, 0) is 50.0 Å². The number of nitrogens with one attached hydrogen (secondary N) is 1. The number of nitrogens with zero attached hydrogens (tertiary/aromatic N) is 4. The van der Waals surface area contributed by atoms with Crippen molar-refractivity contribution in [3.05, 3.63) is 48.0 Å². The minimum absolute atomic E-state index is 0.135. The van der Waals surface area contributed by atoms with Crippen molar-refractivity contribution in [3.8, 4) is 0 Å². The van der Waals surface area contributed by atoms with Crippen LogP contribution in [0.15, 0.2) is 36.7 Å². The Morgan fingerprint density at radius 2 is 1.85 bits per heavy atom. The molecule has 13 nitrogen and oxygen atoms in total. The van der Waals surface area contributed by atoms with Gasteiger partial charge in [-0.3, -0.25) is 9.36 Å². The van der Waals surface area contributed by atoms with Crippen molar-refractivity contribution in [2.75, 3.05) is 25.5 Å². The Bertz CT molecular complexity index is 1280. The highest BCUT2D eigenvalue weighted by atomic mass is 16.7. The lowest BCUT2D eigenvalue weighted by Gasteiger charge is -2.27. The number of aliphatic hydroxyl groups excluding tert-OH is 2. The average molecular weight is 571 g/mol. The molecule has 5 N–H and O–H groups in total. The first-order chi connectivity index (χ1) is 19.9. The quantitative estimate of drug-likeness (QED) is 0.220. The van der Waals surface area contributed by atoms with Crippen LogP contribution in [0.5, 0.6) is 0 Å². The lowest BCUT2D eigenvalue weighted by molar-refractivity contribution is -0.147. The maximum atomic E-state index is 12.3. The van der Waals surface area contributed by atoms with Crippen LogP contribution >= 0.6 is 0 Å². The third-order valence-electron chi connectivity index (χ3n) is 7.15. The summed E-state index contributed by atoms with van der Waals surface area (Å²) in [5.74, 6) is 0.919. The fourth-order valence-electron chi connectivity index (χ4n) is 4.90. The lowest BCUT2D eigenvalue weighted by atomic mass is 9.81. The molecule has 0 saturated heterocycles. The summed E-state index contributed by atoms with van der Waals surface area (Å²) >= 11 is 0. The number of rotatable bonds is 13. The van der Waals surface area contributed by atoms with Crippen LogP contribution in [0.2, 0.25) is 0 Å². The molecule has 2 heterocycles. The zero-order valence-electron chi connectivity index (χ0n) is 23.1. The van der Waals surface area contributed by atoms with Gasteiger partial charge in [0.15, 0.2) is 17.6 Å². The van der Waals surface area contributed by atoms with Crippen LogP contribution in [0.3, 0.4) is 0 Å². The summed E-state index contributed by atoms with van der Waals surface area (Å²) in [4.78, 5) is 37.6. The number of imidazole rings is 1. The van der Waals surface area contributed by atoms with E-state index < -0.39 is 30.9 Å². The van der Waals surface area contributed by atoms with Crippen molar-refractivity contribution in [2.24, 2.45) is 11.8 Å². The van der Waals surface area contributed by atoms with Crippen molar-refractivity contribution in [1.29, 1.82) is 0 Å². The van der Waals surface area contributed by atoms with Gasteiger partial charge in [-0.15, -0.1) is 0 Å². The molecule has 1 unspecified atom stereocenters. The molecule has 2 atom stereocenters. The van der Waals surface area contributed by atoms with Crippen LogP contribution in [0, 0.1) is 11.8 Å². The first-order valence-electron chi connectivity index (χ1n) is 13.9. The Labute approximate surface area is 238 Å². The van der Waals surface area contributed by atoms with Gasteiger partial charge in [-0.1, -0.05) is 30.3 Å². The topological polar surface area (TPSA) is 184 Å². The Morgan fingerprint density at radius 1 is 1.12 bits per heavy atom. The van der Waals surface area contributed by atoms with Crippen LogP contribution in [0.1, 0.15) is 44.0 Å². The molecule has 1 aromatic carbocycles. The number of fused-ring (bicyclic) bond motifs is 1. The smallest absolute Gasteiger partial charge is 0.434 e. The predicted octanol–water partition coefficient (Wildman–Crippen LogP) is 1.94. The number of carbonyl (C=O) groups is 2. The van der Waals surface area contributed by atoms with Gasteiger partial charge >= 0.3 is 6.16 Å². The summed E-state index contributed by atoms with van der Waals surface area (Å²) < 4.78 is 17.7. The highest BCUT2D eigenvalue weighted by Crippen LogP contribution is 2.31. The van der Waals surface area contributed by atoms with E-state index in [1.165, 1.54) is 6.33 Å². The SMILES string of the molecule is CCNC(=O)[C@@H](OCn1cnc2c(N)nc(C[C@H]3CC[C@H](COC(=O)OCc4ccccc4)CC3)nc21)C(O)CO. The van der Waals surface area contributed by atoms with Gasteiger partial charge in [0.1, 0.15) is 30.8 Å². The maximum Gasteiger partial charge on any atom is 0.508 e. The monoisotopic (exact) mass is 570 g/mol. The van der Waals surface area contributed by atoms with Gasteiger partial charge in [-0.2, -0.15) is 0 Å². The first kappa shape index (κ1) is 30.2. The Morgan fingerprint density at radius 3 is 2.56 bits per heavy atom. The van der Waals surface area contributed by atoms with Gasteiger partial charge in [0.05, 0.1) is 19.5 Å². The molecule has 1 amide bonds. The molecule has 0 bridgehead atoms. The summed E-state index contributed by atoms with van der Waals surface area (Å²) in [6.07, 6.45) is 2.50. The highest BCUT2D eigenvalue weighted by molar-refractivity contribution is 5.82. The van der Waals surface area contributed by atoms with Gasteiger partial charge in [0.25, 0.3) is 5.91 Å². The molecule has 13 heteroatoms. The van der Waals surface area contributed by atoms with E-state index in [0.717, 1.165) is 31.2 Å². The highest BCUT2D eigenvalue weighted by Gasteiger charge is 2.28. The Balaban J connectivity index is 1.28. The molecule has 0 spiro atoms. The largest absolute Gasteiger partial charge is 0.508 e. The van der Waals surface area contributed by atoms with Crippen LogP contribution in [0.25, 0.3) is 11.2 Å². The molecule has 2 aromatic heterocycles. The number of aromatic nitrogens is 4. The maximum absolute atomic E-state index is 12.3. The van der Waals surface area contributed by atoms with E-state index in [0.29, 0.717) is 42.5 Å². The fraction of sp³-hybridized carbons (Fsp3) is 0.536. The Kier molecular flexibility index (Phi) is 10.8. The number of nitrogens with two attached hydrogens (primary N) is 1. The zero-order valence-corrected chi connectivity index (χ0v) is 23.1. The fourth-order valence-corrected chi connectivity index (χ4v) is 4.90. The second-order valence-electron chi connectivity index (χ2n) is 10.2. The predicted molar refractivity (Wildman–Crippen MR) is 148 cm³/mol. The van der Waals surface area contributed by atoms with E-state index >= 15 is 0 Å². The molecule has 41 heavy (non-hydrogen) atoms. The number of hydrogen-bond donors (Lipinski definition) is 4. The summed E-state index contributed by atoms with van der Waals surface area (Å²) in [6.45, 7) is 1.85. The number of likely N-dealkylation sites (N-methyl/N-ethyl adjacent to an activating group) is 1. The van der Waals surface area contributed by atoms with Crippen LogP contribution in [0.4, 0.5) is 10.6 Å². The van der Waals surface area contributed by atoms with Crippen molar-refractivity contribution in [2.45, 2.75) is 64.6 Å². The second-order valence-corrected chi connectivity index (χ2v) is 10.2. The molecule has 1 aliphatic carbocycles. The summed E-state index contributed by atoms with van der Waals surface area (Å²) in [6, 6.07) is 9.46. The summed E-state index contributed by atoms with van der Waals surface area (Å²) in [5, 5.41) is 21.9. The number of anilines is 1. The summed E-state index contributed by atoms with van der Waals surface area (Å²) in [5.41, 5.74) is 7.95. The van der Waals surface area contributed by atoms with Gasteiger partial charge < -0.3 is 35.5 Å². The summed E-state index contributed by atoms with van der Waals surface area (Å²) in [7, 11) is 0. The second kappa shape index (κ2) is 14.7. The van der Waals surface area contributed by atoms with Crippen LogP contribution in [-0.4, -0.2) is 73.8 Å². The number of ether oxygens (including phenoxy) is 3. The van der Waals surface area contributed by atoms with Crippen molar-refractivity contribution in [3.63, 3.8) is 0 Å². The van der Waals surface area contributed by atoms with E-state index in [9.17, 15) is 19.8 Å². The van der Waals surface area contributed by atoms with E-state index in [4.69, 9.17) is 19.9 Å². The molecular formula is C28H38N6O7. The normalized spacial score (nSPS) is 18.5. The van der Waals surface area contributed by atoms with Crippen molar-refractivity contribution >= 4 is 29.0 Å². The molecule has 3 aromatic rings. The third kappa shape index (κ3) is 8.35. The average Bonchev–Trinajstić information content (AvgIpc) is 3.39. The van der Waals surface area contributed by atoms with E-state index in [2.05, 4.69) is 20.3 Å². The number of hydrogen-bond acceptors (Lipinski definition) is 11. The van der Waals surface area contributed by atoms with E-state index in [1.807, 2.05) is 30.3 Å². The number of amides is 1. The molecule has 1 fully saturated rings. The lowest BCUT2D eigenvalue weighted by Crippen LogP contribution is -2.45. The molecule has 1 aliphatic rings. The molecule has 1 saturated carbocycles. The minimum Gasteiger partial charge on any atom is -0.434 e. The zero-order chi connectivity index (χ0) is 29.2. The molecule has 4 rings (SSSR count). The number of benzene rings is 1. The van der Waals surface area contributed by atoms with Gasteiger partial charge in [0.2, 0.25) is 0 Å². The minimum atomic E-state index is -1.38. The molecule has 0 aliphatic heterocycles. The molecule has 222 valence electrons. The van der Waals surface area contributed by atoms with E-state index in [1.54, 1.807) is 11.5 Å². The number of carbonyl (C=O) groups excluding carboxylic acids is 2. The van der Waals surface area contributed by atoms with Crippen molar-refractivity contribution < 1.29 is 34.0 Å². The standard InChI is InChI=1S/C28H38N6O7/c1-2-30-27(37)24(21(36)13-35)41-17-34-16-31-23-25(29)32-22(33-26(23)34)12-18-8-10-20(11-9-18)15-40-28(38)39-14-19-6-4-3-5-7-19/h3-7,16,18,20-21,24,35-36H,2,8-15,17H2,1H3,(H,30,37)(H2,29,32,33)/t18-,20-,21?,24-/m0/s1. The Hall–Kier alpha value is -3.81. The molecule has 0 radical (unpaired) electrons. The molecular weight excluding hydrogens is 532 g/mol. The first-order valence-corrected chi connectivity index (χ1v) is 13.9.